The van der Waals surface area contributed by atoms with Crippen LogP contribution in [-0.4, -0.2) is 25.8 Å². The molecule has 3 rings (SSSR count). The minimum atomic E-state index is 0. The van der Waals surface area contributed by atoms with Gasteiger partial charge in [0.15, 0.2) is 17.5 Å². The number of hydrogen-bond donors (Lipinski definition) is 2. The average molecular weight is 467 g/mol. The molecule has 0 saturated carbocycles. The highest BCUT2D eigenvalue weighted by Gasteiger charge is 2.13. The molecule has 0 spiro atoms. The summed E-state index contributed by atoms with van der Waals surface area (Å²) < 4.78 is 10.8. The van der Waals surface area contributed by atoms with Gasteiger partial charge in [-0.1, -0.05) is 36.4 Å². The third-order valence-corrected chi connectivity index (χ3v) is 4.10. The number of fused-ring (bicyclic) bond motifs is 1. The maximum Gasteiger partial charge on any atom is 0.231 e. The summed E-state index contributed by atoms with van der Waals surface area (Å²) in [7, 11) is 0. The Kier molecular flexibility index (Phi) is 8.03. The average Bonchev–Trinajstić information content (AvgIpc) is 3.10. The predicted molar refractivity (Wildman–Crippen MR) is 116 cm³/mol. The maximum atomic E-state index is 5.42. The summed E-state index contributed by atoms with van der Waals surface area (Å²) in [5, 5.41) is 6.76. The molecule has 2 N–H and O–H groups in total. The molecular formula is C20H26IN3O2. The smallest absolute Gasteiger partial charge is 0.231 e. The standard InChI is InChI=1S/C20H25N3O2.HI/c1-3-21-20(23-15(2)17-7-5-4-6-8-17)22-12-11-16-9-10-18-19(13-16)25-14-24-18;/h4-10,13,15H,3,11-12,14H2,1-2H3,(H2,21,22,23);1H. The van der Waals surface area contributed by atoms with Gasteiger partial charge in [-0.05, 0) is 43.5 Å². The number of nitrogens with zero attached hydrogens (tertiary/aromatic N) is 1. The number of halogens is 1. The lowest BCUT2D eigenvalue weighted by Gasteiger charge is -2.18. The number of guanidine groups is 1. The van der Waals surface area contributed by atoms with Crippen molar-refractivity contribution < 1.29 is 9.47 Å². The monoisotopic (exact) mass is 467 g/mol. The lowest BCUT2D eigenvalue weighted by atomic mass is 10.1. The van der Waals surface area contributed by atoms with Gasteiger partial charge in [-0.15, -0.1) is 24.0 Å². The maximum absolute atomic E-state index is 5.42. The summed E-state index contributed by atoms with van der Waals surface area (Å²) in [5.74, 6) is 2.47. The first kappa shape index (κ1) is 20.4. The summed E-state index contributed by atoms with van der Waals surface area (Å²) in [6, 6.07) is 16.6. The first-order chi connectivity index (χ1) is 12.3. The molecule has 140 valence electrons. The fourth-order valence-electron chi connectivity index (χ4n) is 2.74. The quantitative estimate of drug-likeness (QED) is 0.385. The van der Waals surface area contributed by atoms with Crippen molar-refractivity contribution in [3.05, 3.63) is 59.7 Å². The van der Waals surface area contributed by atoms with E-state index in [0.717, 1.165) is 30.4 Å². The van der Waals surface area contributed by atoms with Crippen LogP contribution in [0.15, 0.2) is 53.5 Å². The van der Waals surface area contributed by atoms with E-state index in [4.69, 9.17) is 14.5 Å². The Morgan fingerprint density at radius 3 is 2.65 bits per heavy atom. The second kappa shape index (κ2) is 10.3. The Morgan fingerprint density at radius 1 is 1.12 bits per heavy atom. The molecule has 1 aliphatic rings. The van der Waals surface area contributed by atoms with E-state index in [0.29, 0.717) is 13.3 Å². The molecule has 1 atom stereocenters. The van der Waals surface area contributed by atoms with Crippen molar-refractivity contribution in [1.29, 1.82) is 0 Å². The van der Waals surface area contributed by atoms with E-state index in [1.165, 1.54) is 11.1 Å². The minimum Gasteiger partial charge on any atom is -0.454 e. The second-order valence-electron chi connectivity index (χ2n) is 5.97. The summed E-state index contributed by atoms with van der Waals surface area (Å²) in [6.07, 6.45) is 0.854. The number of ether oxygens (including phenoxy) is 2. The summed E-state index contributed by atoms with van der Waals surface area (Å²) in [6.45, 7) is 6.05. The van der Waals surface area contributed by atoms with E-state index >= 15 is 0 Å². The lowest BCUT2D eigenvalue weighted by molar-refractivity contribution is 0.174. The fraction of sp³-hybridized carbons (Fsp3) is 0.350. The van der Waals surface area contributed by atoms with Crippen LogP contribution in [0.3, 0.4) is 0 Å². The molecule has 2 aromatic rings. The van der Waals surface area contributed by atoms with Gasteiger partial charge < -0.3 is 20.1 Å². The van der Waals surface area contributed by atoms with Gasteiger partial charge in [-0.2, -0.15) is 0 Å². The van der Waals surface area contributed by atoms with Crippen LogP contribution in [0.5, 0.6) is 11.5 Å². The molecule has 1 heterocycles. The van der Waals surface area contributed by atoms with Gasteiger partial charge in [0.2, 0.25) is 6.79 Å². The molecule has 0 amide bonds. The zero-order valence-corrected chi connectivity index (χ0v) is 17.5. The lowest BCUT2D eigenvalue weighted by Crippen LogP contribution is -2.38. The van der Waals surface area contributed by atoms with Gasteiger partial charge in [0.05, 0.1) is 6.04 Å². The molecular weight excluding hydrogens is 441 g/mol. The van der Waals surface area contributed by atoms with Crippen LogP contribution in [-0.2, 0) is 6.42 Å². The van der Waals surface area contributed by atoms with E-state index < -0.39 is 0 Å². The van der Waals surface area contributed by atoms with Crippen molar-refractivity contribution in [3.8, 4) is 11.5 Å². The SMILES string of the molecule is CCNC(=NCCc1ccc2c(c1)OCO2)NC(C)c1ccccc1.I. The molecule has 0 radical (unpaired) electrons. The molecule has 2 aromatic carbocycles. The van der Waals surface area contributed by atoms with Gasteiger partial charge >= 0.3 is 0 Å². The van der Waals surface area contributed by atoms with Gasteiger partial charge in [0.25, 0.3) is 0 Å². The van der Waals surface area contributed by atoms with E-state index in [9.17, 15) is 0 Å². The van der Waals surface area contributed by atoms with E-state index in [1.54, 1.807) is 0 Å². The highest BCUT2D eigenvalue weighted by molar-refractivity contribution is 14.0. The van der Waals surface area contributed by atoms with Crippen molar-refractivity contribution >= 4 is 29.9 Å². The molecule has 5 nitrogen and oxygen atoms in total. The summed E-state index contributed by atoms with van der Waals surface area (Å²) in [5.41, 5.74) is 2.43. The Morgan fingerprint density at radius 2 is 1.88 bits per heavy atom. The summed E-state index contributed by atoms with van der Waals surface area (Å²) in [4.78, 5) is 4.69. The zero-order chi connectivity index (χ0) is 17.5. The largest absolute Gasteiger partial charge is 0.454 e. The Balaban J connectivity index is 0.00000243. The summed E-state index contributed by atoms with van der Waals surface area (Å²) >= 11 is 0. The van der Waals surface area contributed by atoms with Crippen molar-refractivity contribution in [2.24, 2.45) is 4.99 Å². The highest BCUT2D eigenvalue weighted by atomic mass is 127. The van der Waals surface area contributed by atoms with Crippen LogP contribution in [0.4, 0.5) is 0 Å². The molecule has 1 unspecified atom stereocenters. The molecule has 0 fully saturated rings. The van der Waals surface area contributed by atoms with E-state index in [2.05, 4.69) is 54.8 Å². The Labute approximate surface area is 172 Å². The first-order valence-electron chi connectivity index (χ1n) is 8.74. The number of nitrogens with one attached hydrogen (secondary N) is 2. The Bertz CT molecular complexity index is 722. The number of benzene rings is 2. The third-order valence-electron chi connectivity index (χ3n) is 4.10. The number of aliphatic imine (C=N–C) groups is 1. The van der Waals surface area contributed by atoms with E-state index in [-0.39, 0.29) is 30.0 Å². The van der Waals surface area contributed by atoms with Crippen LogP contribution in [0.1, 0.15) is 31.0 Å². The molecule has 0 aromatic heterocycles. The third kappa shape index (κ3) is 5.52. The van der Waals surface area contributed by atoms with Gasteiger partial charge in [-0.25, -0.2) is 0 Å². The first-order valence-corrected chi connectivity index (χ1v) is 8.74. The Hall–Kier alpha value is -1.96. The van der Waals surface area contributed by atoms with Crippen molar-refractivity contribution in [1.82, 2.24) is 10.6 Å². The molecule has 6 heteroatoms. The van der Waals surface area contributed by atoms with Crippen LogP contribution in [0.25, 0.3) is 0 Å². The van der Waals surface area contributed by atoms with Gasteiger partial charge in [0.1, 0.15) is 0 Å². The predicted octanol–water partition coefficient (Wildman–Crippen LogP) is 3.89. The minimum absolute atomic E-state index is 0. The van der Waals surface area contributed by atoms with Crippen LogP contribution < -0.4 is 20.1 Å². The van der Waals surface area contributed by atoms with E-state index in [1.807, 2.05) is 18.2 Å². The van der Waals surface area contributed by atoms with Gasteiger partial charge in [0, 0.05) is 13.1 Å². The topological polar surface area (TPSA) is 54.9 Å². The molecule has 1 aliphatic heterocycles. The normalized spacial score (nSPS) is 13.7. The van der Waals surface area contributed by atoms with Crippen molar-refractivity contribution in [2.45, 2.75) is 26.3 Å². The van der Waals surface area contributed by atoms with Crippen LogP contribution in [0, 0.1) is 0 Å². The number of rotatable bonds is 6. The highest BCUT2D eigenvalue weighted by Crippen LogP contribution is 2.32. The van der Waals surface area contributed by atoms with Gasteiger partial charge in [-0.3, -0.25) is 4.99 Å². The second-order valence-corrected chi connectivity index (χ2v) is 5.97. The molecule has 0 aliphatic carbocycles. The molecule has 0 bridgehead atoms. The molecule has 26 heavy (non-hydrogen) atoms. The van der Waals surface area contributed by atoms with Crippen LogP contribution in [0.2, 0.25) is 0 Å². The van der Waals surface area contributed by atoms with Crippen LogP contribution >= 0.6 is 24.0 Å². The number of hydrogen-bond acceptors (Lipinski definition) is 3. The fourth-order valence-corrected chi connectivity index (χ4v) is 2.74. The van der Waals surface area contributed by atoms with Crippen molar-refractivity contribution in [3.63, 3.8) is 0 Å². The molecule has 0 saturated heterocycles. The zero-order valence-electron chi connectivity index (χ0n) is 15.2. The van der Waals surface area contributed by atoms with Crippen molar-refractivity contribution in [2.75, 3.05) is 19.9 Å².